The number of fused-ring (bicyclic) bond motifs is 3. The van der Waals surface area contributed by atoms with Crippen LogP contribution in [0.5, 0.6) is 0 Å². The molecule has 0 atom stereocenters. The fourth-order valence-electron chi connectivity index (χ4n) is 15.2. The number of hydrogen-bond donors (Lipinski definition) is 0. The number of aromatic nitrogens is 6. The number of rotatable bonds is 18. The summed E-state index contributed by atoms with van der Waals surface area (Å²) in [6, 6.07) is 42.3. The van der Waals surface area contributed by atoms with Gasteiger partial charge in [0.25, 0.3) is 0 Å². The number of para-hydroxylation sites is 6. The summed E-state index contributed by atoms with van der Waals surface area (Å²) in [5.41, 5.74) is 22.9. The Kier molecular flexibility index (Phi) is 20.0. The molecule has 0 unspecified atom stereocenters. The predicted octanol–water partition coefficient (Wildman–Crippen LogP) is 28.4. The summed E-state index contributed by atoms with van der Waals surface area (Å²) >= 11 is 22.2. The Morgan fingerprint density at radius 2 is 0.309 bits per heavy atom. The van der Waals surface area contributed by atoms with Gasteiger partial charge >= 0.3 is 621 Å². The number of nitrogens with zero attached hydrogens (tertiary/aromatic N) is 6. The molecular weight excluding hydrogens is 1420 g/mol. The van der Waals surface area contributed by atoms with E-state index in [4.69, 9.17) is 36.7 Å². The topological polar surface area (TPSA) is 29.6 Å². The Bertz CT molecular complexity index is 3900. The monoisotopic (exact) mass is 1520 g/mol. The molecule has 516 valence electrons. The van der Waals surface area contributed by atoms with Gasteiger partial charge in [0, 0.05) is 0 Å². The van der Waals surface area contributed by atoms with Gasteiger partial charge in [-0.05, 0) is 0 Å². The minimum absolute atomic E-state index is 0.206. The van der Waals surface area contributed by atoms with E-state index in [9.17, 15) is 0 Å². The average molecular weight is 1520 g/mol. The molecule has 97 heavy (non-hydrogen) atoms. The zero-order valence-electron chi connectivity index (χ0n) is 61.7. The maximum atomic E-state index is 7.41. The van der Waals surface area contributed by atoms with E-state index in [0.29, 0.717) is 0 Å². The van der Waals surface area contributed by atoms with Crippen LogP contribution in [0.25, 0.3) is 34.1 Å². The molecule has 6 heterocycles. The van der Waals surface area contributed by atoms with E-state index in [-0.39, 0.29) is 71.0 Å². The van der Waals surface area contributed by atoms with Crippen LogP contribution >= 0.6 is 97.2 Å². The molecule has 0 N–H and O–H groups in total. The third-order valence-electron chi connectivity index (χ3n) is 20.1. The molecule has 6 nitrogen and oxygen atoms in total. The van der Waals surface area contributed by atoms with E-state index >= 15 is 0 Å². The molecule has 3 aliphatic heterocycles. The summed E-state index contributed by atoms with van der Waals surface area (Å²) in [4.78, 5) is 0. The van der Waals surface area contributed by atoms with E-state index in [1.165, 1.54) is 131 Å². The molecule has 0 saturated carbocycles. The summed E-state index contributed by atoms with van der Waals surface area (Å²) in [5, 5.41) is 7.33. The zero-order valence-corrected chi connectivity index (χ0v) is 71.1. The van der Waals surface area contributed by atoms with Gasteiger partial charge in [0.2, 0.25) is 0 Å². The van der Waals surface area contributed by atoms with Crippen LogP contribution in [0.4, 0.5) is 0 Å². The van der Waals surface area contributed by atoms with E-state index in [0.717, 1.165) is 14.3 Å². The van der Waals surface area contributed by atoms with E-state index in [2.05, 4.69) is 363 Å². The fourth-order valence-corrected chi connectivity index (χ4v) is 98.5. The number of benzene rings is 6. The minimum atomic E-state index is -6.07. The van der Waals surface area contributed by atoms with Crippen molar-refractivity contribution in [3.63, 3.8) is 0 Å². The summed E-state index contributed by atoms with van der Waals surface area (Å²) in [6.45, 7) is 56.8. The summed E-state index contributed by atoms with van der Waals surface area (Å²) in [5.74, 6) is 2.48. The summed E-state index contributed by atoms with van der Waals surface area (Å²) in [7, 11) is 13.3. The predicted molar refractivity (Wildman–Crippen MR) is 438 cm³/mol. The molecule has 0 bridgehead atoms. The second-order valence-corrected chi connectivity index (χ2v) is 101. The van der Waals surface area contributed by atoms with Crippen LogP contribution in [0, 0.1) is 14.3 Å². The standard InChI is InChI=1S/C81H102GeN6S9/c1-43(2)55-31-25-32-56(44(3)4)67(55)83-73-74(84(79(83)89)68-57(45(5)6)33-26-34-58(68)46(7)8)93-82(92-73,94-75-76(95-82)86(70-61(49(13)14)37-28-38-62(70)50(15)16)80(90)85(75)69-59(47(9)10)35-27-36-60(69)48(11)12)96-77-78(97-82)88(72-65(53(21)22)41-30-42-66(72)54(23)24)81(91)87(77)71-63(51(17)18)39-29-40-64(71)52(19)20/h25-54H,1-24H3/q-2. The van der Waals surface area contributed by atoms with Crippen molar-refractivity contribution in [2.45, 2.75) is 267 Å². The van der Waals surface area contributed by atoms with Gasteiger partial charge < -0.3 is 0 Å². The number of hydrogen-bond acceptors (Lipinski definition) is 9. The van der Waals surface area contributed by atoms with Crippen LogP contribution in [0.1, 0.15) is 304 Å². The molecule has 1 spiro atoms. The van der Waals surface area contributed by atoms with E-state index < -0.39 is 4.25 Å². The van der Waals surface area contributed by atoms with Crippen molar-refractivity contribution < 1.29 is 0 Å². The Hall–Kier alpha value is -3.75. The van der Waals surface area contributed by atoms with Crippen molar-refractivity contribution in [3.8, 4) is 34.1 Å². The molecule has 6 aromatic carbocycles. The fraction of sp³-hybridized carbons (Fsp3) is 0.444. The van der Waals surface area contributed by atoms with Gasteiger partial charge in [-0.1, -0.05) is 0 Å². The normalized spacial score (nSPS) is 16.2. The van der Waals surface area contributed by atoms with Crippen LogP contribution in [0.2, 0.25) is 0 Å². The molecule has 9 aromatic rings. The number of imidazole rings is 3. The van der Waals surface area contributed by atoms with Crippen molar-refractivity contribution in [1.82, 2.24) is 27.4 Å². The molecule has 0 fully saturated rings. The molecule has 0 radical (unpaired) electrons. The van der Waals surface area contributed by atoms with Crippen LogP contribution in [0.3, 0.4) is 0 Å². The Balaban J connectivity index is 1.36. The van der Waals surface area contributed by atoms with Gasteiger partial charge in [0.05, 0.1) is 0 Å². The van der Waals surface area contributed by atoms with Crippen LogP contribution in [-0.4, -0.2) is 31.6 Å². The molecule has 0 saturated heterocycles. The van der Waals surface area contributed by atoms with Gasteiger partial charge in [-0.15, -0.1) is 0 Å². The summed E-state index contributed by atoms with van der Waals surface area (Å²) < 4.78 is 12.1. The quantitative estimate of drug-likeness (QED) is 0.0616. The first-order chi connectivity index (χ1) is 45.7. The van der Waals surface area contributed by atoms with E-state index in [1.54, 1.807) is 0 Å². The van der Waals surface area contributed by atoms with Crippen molar-refractivity contribution in [2.75, 3.05) is 0 Å². The molecule has 0 amide bonds. The molecule has 12 rings (SSSR count). The van der Waals surface area contributed by atoms with Crippen molar-refractivity contribution in [2.24, 2.45) is 0 Å². The SMILES string of the molecule is CC(C)c1cccc(C(C)C)c1-n1c2c(n(-c3c(C(C)C)cccc3C(C)C)c1=S)[S][Ge-2]13([S]2)([S]c2c(n(-c4c(C(C)C)cccc4C(C)C)c(=S)n2-c2c(C(C)C)cccc2C(C)C)[S]1)[S]c1c(n(-c2c(C(C)C)cccc2C(C)C)c(=S)n1-c1c(C(C)C)cccc1C(C)C)[S]3. The average Bonchev–Trinajstić information content (AvgIpc) is 1.44. The molecule has 16 heteroatoms. The third-order valence-corrected chi connectivity index (χ3v) is 89.5. The van der Waals surface area contributed by atoms with Gasteiger partial charge in [0.15, 0.2) is 0 Å². The van der Waals surface area contributed by atoms with Crippen molar-refractivity contribution in [3.05, 3.63) is 190 Å². The van der Waals surface area contributed by atoms with Crippen LogP contribution in [0.15, 0.2) is 139 Å². The first-order valence-corrected chi connectivity index (χ1v) is 57.2. The van der Waals surface area contributed by atoms with Gasteiger partial charge in [0.1, 0.15) is 0 Å². The molecule has 3 aliphatic rings. The van der Waals surface area contributed by atoms with Gasteiger partial charge in [-0.2, -0.15) is 0 Å². The third kappa shape index (κ3) is 11.6. The maximum absolute atomic E-state index is 7.41. The Labute approximate surface area is 614 Å². The zero-order chi connectivity index (χ0) is 70.4. The molecule has 0 aliphatic carbocycles. The second kappa shape index (κ2) is 26.5. The van der Waals surface area contributed by atoms with Crippen molar-refractivity contribution >= 4 is 101 Å². The molecule has 3 aromatic heterocycles. The Morgan fingerprint density at radius 3 is 0.402 bits per heavy atom. The van der Waals surface area contributed by atoms with Gasteiger partial charge in [-0.25, -0.2) is 0 Å². The van der Waals surface area contributed by atoms with Crippen molar-refractivity contribution in [1.29, 1.82) is 0 Å². The summed E-state index contributed by atoms with van der Waals surface area (Å²) in [6.07, 6.45) is 0. The van der Waals surface area contributed by atoms with Crippen LogP contribution in [-0.2, 0) is 0 Å². The second-order valence-electron chi connectivity index (χ2n) is 31.1. The Morgan fingerprint density at radius 1 is 0.206 bits per heavy atom. The van der Waals surface area contributed by atoms with E-state index in [1.807, 2.05) is 0 Å². The first-order valence-electron chi connectivity index (χ1n) is 35.6. The van der Waals surface area contributed by atoms with Crippen LogP contribution < -0.4 is 0 Å². The molecular formula is C81H102GeN6S9-2. The first kappa shape index (κ1) is 73.0. The van der Waals surface area contributed by atoms with Gasteiger partial charge in [-0.3, -0.25) is 0 Å².